The van der Waals surface area contributed by atoms with Gasteiger partial charge in [-0.25, -0.2) is 0 Å². The van der Waals surface area contributed by atoms with E-state index in [1.54, 1.807) is 18.2 Å². The van der Waals surface area contributed by atoms with Gasteiger partial charge in [-0.2, -0.15) is 13.1 Å². The number of aromatic hydroxyl groups is 1. The van der Waals surface area contributed by atoms with E-state index in [0.717, 1.165) is 4.31 Å². The van der Waals surface area contributed by atoms with Crippen molar-refractivity contribution < 1.29 is 18.3 Å². The van der Waals surface area contributed by atoms with Crippen molar-refractivity contribution in [1.82, 2.24) is 9.71 Å². The number of nitrogens with one attached hydrogen (secondary N) is 1. The van der Waals surface area contributed by atoms with E-state index in [1.807, 2.05) is 0 Å². The van der Waals surface area contributed by atoms with Gasteiger partial charge in [0.2, 0.25) is 5.78 Å². The van der Waals surface area contributed by atoms with E-state index in [2.05, 4.69) is 9.71 Å². The highest BCUT2D eigenvalue weighted by atomic mass is 32.2. The van der Waals surface area contributed by atoms with Crippen LogP contribution < -0.4 is 9.03 Å². The van der Waals surface area contributed by atoms with E-state index >= 15 is 0 Å². The topological polar surface area (TPSA) is 99.6 Å². The molecular formula is C14H13N3O4S. The van der Waals surface area contributed by atoms with E-state index in [4.69, 9.17) is 0 Å². The van der Waals surface area contributed by atoms with Gasteiger partial charge >= 0.3 is 10.2 Å². The fraction of sp³-hybridized carbons (Fsp3) is 0.143. The Labute approximate surface area is 127 Å². The summed E-state index contributed by atoms with van der Waals surface area (Å²) in [6.45, 7) is 0.500. The number of phenolic OH excluding ortho intramolecular Hbond substituents is 1. The second-order valence-corrected chi connectivity index (χ2v) is 6.40. The molecule has 0 spiro atoms. The first kappa shape index (κ1) is 14.5. The van der Waals surface area contributed by atoms with Crippen molar-refractivity contribution in [3.63, 3.8) is 0 Å². The van der Waals surface area contributed by atoms with Crippen LogP contribution in [-0.4, -0.2) is 37.4 Å². The lowest BCUT2D eigenvalue weighted by Crippen LogP contribution is -2.29. The number of benzene rings is 1. The van der Waals surface area contributed by atoms with Crippen molar-refractivity contribution in [2.24, 2.45) is 0 Å². The van der Waals surface area contributed by atoms with E-state index in [-0.39, 0.29) is 41.6 Å². The van der Waals surface area contributed by atoms with Gasteiger partial charge in [0.05, 0.1) is 5.69 Å². The molecule has 1 aliphatic heterocycles. The zero-order valence-electron chi connectivity index (χ0n) is 11.4. The van der Waals surface area contributed by atoms with E-state index in [1.165, 1.54) is 24.4 Å². The summed E-state index contributed by atoms with van der Waals surface area (Å²) in [7, 11) is -3.62. The van der Waals surface area contributed by atoms with Gasteiger partial charge in [0.15, 0.2) is 0 Å². The second kappa shape index (κ2) is 5.39. The van der Waals surface area contributed by atoms with Crippen molar-refractivity contribution in [1.29, 1.82) is 0 Å². The molecule has 2 heterocycles. The molecule has 0 bridgehead atoms. The summed E-state index contributed by atoms with van der Waals surface area (Å²) in [5, 5.41) is 10.1. The summed E-state index contributed by atoms with van der Waals surface area (Å²) in [6.07, 6.45) is 1.50. The molecule has 1 saturated heterocycles. The minimum Gasteiger partial charge on any atom is -0.506 e. The molecule has 0 unspecified atom stereocenters. The Morgan fingerprint density at radius 2 is 2.09 bits per heavy atom. The number of rotatable bonds is 3. The Hall–Kier alpha value is -2.45. The van der Waals surface area contributed by atoms with E-state index in [9.17, 15) is 18.3 Å². The Balaban J connectivity index is 1.95. The Kier molecular flexibility index (Phi) is 3.55. The molecule has 0 aliphatic carbocycles. The molecule has 22 heavy (non-hydrogen) atoms. The van der Waals surface area contributed by atoms with E-state index < -0.39 is 10.2 Å². The van der Waals surface area contributed by atoms with Crippen LogP contribution in [0.1, 0.15) is 16.1 Å². The van der Waals surface area contributed by atoms with Crippen molar-refractivity contribution in [2.45, 2.75) is 0 Å². The van der Waals surface area contributed by atoms with Crippen LogP contribution in [0.5, 0.6) is 5.75 Å². The second-order valence-electron chi connectivity index (χ2n) is 4.72. The fourth-order valence-electron chi connectivity index (χ4n) is 2.24. The molecule has 1 aliphatic rings. The maximum atomic E-state index is 12.2. The monoisotopic (exact) mass is 319 g/mol. The van der Waals surface area contributed by atoms with Crippen LogP contribution in [0.15, 0.2) is 42.6 Å². The fourth-order valence-corrected chi connectivity index (χ4v) is 3.49. The summed E-state index contributed by atoms with van der Waals surface area (Å²) in [4.78, 5) is 16.2. The van der Waals surface area contributed by atoms with Crippen molar-refractivity contribution >= 4 is 21.7 Å². The summed E-state index contributed by atoms with van der Waals surface area (Å²) < 4.78 is 27.0. The Bertz CT molecular complexity index is 821. The number of hydrogen-bond acceptors (Lipinski definition) is 5. The predicted molar refractivity (Wildman–Crippen MR) is 80.0 cm³/mol. The smallest absolute Gasteiger partial charge is 0.301 e. The number of ketones is 1. The molecule has 2 aromatic rings. The van der Waals surface area contributed by atoms with Gasteiger partial charge in [0.25, 0.3) is 0 Å². The molecule has 0 saturated carbocycles. The summed E-state index contributed by atoms with van der Waals surface area (Å²) in [6, 6.07) is 9.10. The zero-order valence-corrected chi connectivity index (χ0v) is 12.2. The number of phenols is 1. The summed E-state index contributed by atoms with van der Waals surface area (Å²) in [5.41, 5.74) is 0.636. The molecule has 7 nitrogen and oxygen atoms in total. The van der Waals surface area contributed by atoms with Crippen molar-refractivity contribution in [2.75, 3.05) is 17.4 Å². The van der Waals surface area contributed by atoms with Crippen LogP contribution in [0.2, 0.25) is 0 Å². The highest BCUT2D eigenvalue weighted by Crippen LogP contribution is 2.31. The number of hydrogen-bond donors (Lipinski definition) is 2. The van der Waals surface area contributed by atoms with Crippen LogP contribution >= 0.6 is 0 Å². The average molecular weight is 319 g/mol. The Morgan fingerprint density at radius 3 is 2.68 bits per heavy atom. The molecule has 1 aromatic heterocycles. The lowest BCUT2D eigenvalue weighted by Gasteiger charge is -2.17. The SMILES string of the molecule is O=C(c1ccc(N2CCNS2(=O)=O)c(O)c1)c1ccccn1. The van der Waals surface area contributed by atoms with Gasteiger partial charge in [-0.3, -0.25) is 14.1 Å². The first-order valence-corrected chi connectivity index (χ1v) is 7.99. The number of nitrogens with zero attached hydrogens (tertiary/aromatic N) is 2. The summed E-state index contributed by atoms with van der Waals surface area (Å²) >= 11 is 0. The minimum atomic E-state index is -3.62. The lowest BCUT2D eigenvalue weighted by atomic mass is 10.1. The highest BCUT2D eigenvalue weighted by molar-refractivity contribution is 7.91. The van der Waals surface area contributed by atoms with Gasteiger partial charge in [-0.15, -0.1) is 0 Å². The first-order valence-electron chi connectivity index (χ1n) is 6.55. The lowest BCUT2D eigenvalue weighted by molar-refractivity contribution is 0.103. The average Bonchev–Trinajstić information content (AvgIpc) is 2.86. The number of anilines is 1. The van der Waals surface area contributed by atoms with Crippen LogP contribution in [0, 0.1) is 0 Å². The molecule has 8 heteroatoms. The largest absolute Gasteiger partial charge is 0.506 e. The Morgan fingerprint density at radius 1 is 1.27 bits per heavy atom. The normalized spacial score (nSPS) is 16.6. The molecular weight excluding hydrogens is 306 g/mol. The maximum absolute atomic E-state index is 12.2. The number of aromatic nitrogens is 1. The van der Waals surface area contributed by atoms with Gasteiger partial charge in [0.1, 0.15) is 11.4 Å². The molecule has 114 valence electrons. The predicted octanol–water partition coefficient (Wildman–Crippen LogP) is 0.673. The third-order valence-corrected chi connectivity index (χ3v) is 4.82. The van der Waals surface area contributed by atoms with Crippen LogP contribution in [0.25, 0.3) is 0 Å². The molecule has 0 atom stereocenters. The molecule has 0 radical (unpaired) electrons. The van der Waals surface area contributed by atoms with Crippen LogP contribution in [-0.2, 0) is 10.2 Å². The number of pyridine rings is 1. The van der Waals surface area contributed by atoms with Gasteiger partial charge < -0.3 is 5.11 Å². The van der Waals surface area contributed by atoms with Gasteiger partial charge in [-0.1, -0.05) is 6.07 Å². The van der Waals surface area contributed by atoms with Crippen LogP contribution in [0.3, 0.4) is 0 Å². The quantitative estimate of drug-likeness (QED) is 0.810. The van der Waals surface area contributed by atoms with E-state index in [0.29, 0.717) is 0 Å². The molecule has 3 rings (SSSR count). The van der Waals surface area contributed by atoms with Gasteiger partial charge in [-0.05, 0) is 30.3 Å². The highest BCUT2D eigenvalue weighted by Gasteiger charge is 2.30. The summed E-state index contributed by atoms with van der Waals surface area (Å²) in [5.74, 6) is -0.612. The minimum absolute atomic E-state index is 0.141. The van der Waals surface area contributed by atoms with Gasteiger partial charge in [0, 0.05) is 24.8 Å². The third-order valence-electron chi connectivity index (χ3n) is 3.29. The molecule has 1 fully saturated rings. The molecule has 1 aromatic carbocycles. The molecule has 0 amide bonds. The van der Waals surface area contributed by atoms with Crippen LogP contribution in [0.4, 0.5) is 5.69 Å². The van der Waals surface area contributed by atoms with Crippen molar-refractivity contribution in [3.05, 3.63) is 53.9 Å². The standard InChI is InChI=1S/C14H13N3O4S/c18-13-9-10(14(19)11-3-1-2-6-15-11)4-5-12(13)17-8-7-16-22(17,20)21/h1-6,9,16,18H,7-8H2. The third kappa shape index (κ3) is 2.53. The maximum Gasteiger partial charge on any atom is 0.301 e. The van der Waals surface area contributed by atoms with Crippen molar-refractivity contribution in [3.8, 4) is 5.75 Å². The number of carbonyl (C=O) groups is 1. The zero-order chi connectivity index (χ0) is 15.7. The first-order chi connectivity index (χ1) is 10.5. The molecule has 2 N–H and O–H groups in total. The number of carbonyl (C=O) groups excluding carboxylic acids is 1.